The highest BCUT2D eigenvalue weighted by molar-refractivity contribution is 6.36. The molecule has 0 amide bonds. The molecule has 17 heteroatoms. The fraction of sp³-hybridized carbons (Fsp3) is 0.279. The molecule has 15 nitrogen and oxygen atoms in total. The predicted molar refractivity (Wildman–Crippen MR) is 222 cm³/mol. The molecule has 0 unspecified atom stereocenters. The molecule has 0 bridgehead atoms. The first-order valence-corrected chi connectivity index (χ1v) is 19.9. The number of halogens is 2. The van der Waals surface area contributed by atoms with Gasteiger partial charge in [0.25, 0.3) is 0 Å². The maximum Gasteiger partial charge on any atom is 0.306 e. The van der Waals surface area contributed by atoms with Gasteiger partial charge in [0.1, 0.15) is 23.8 Å². The molecule has 1 aliphatic rings. The molecular weight excluding hydrogens is 811 g/mol. The Labute approximate surface area is 354 Å². The third-order valence-corrected chi connectivity index (χ3v) is 10.5. The number of nitrogens with zero attached hydrogens (tertiary/aromatic N) is 6. The Morgan fingerprint density at radius 3 is 2.58 bits per heavy atom. The van der Waals surface area contributed by atoms with Crippen LogP contribution in [0, 0.1) is 11.3 Å². The van der Waals surface area contributed by atoms with Crippen LogP contribution in [0.15, 0.2) is 79.3 Å². The van der Waals surface area contributed by atoms with Crippen molar-refractivity contribution in [2.75, 3.05) is 13.1 Å². The highest BCUT2D eigenvalue weighted by atomic mass is 35.5. The molecule has 6 aromatic rings. The van der Waals surface area contributed by atoms with Gasteiger partial charge in [0.05, 0.1) is 23.1 Å². The summed E-state index contributed by atoms with van der Waals surface area (Å²) in [5, 5.41) is 49.1. The number of nitrogens with one attached hydrogen (secondary N) is 2. The fourth-order valence-corrected chi connectivity index (χ4v) is 7.57. The third-order valence-electron chi connectivity index (χ3n) is 9.85. The molecule has 308 valence electrons. The van der Waals surface area contributed by atoms with Gasteiger partial charge in [-0.25, -0.2) is 9.50 Å². The zero-order valence-corrected chi connectivity index (χ0v) is 33.7. The first-order chi connectivity index (χ1) is 29.1. The standard InChI is InChI=1S/C43H40Cl2N8O7/c44-35-15-28(21-49-22-29(54)16-39(57)58)42(59-24-27-14-26(17-46)19-48-20-27)51-43(35)60-36-11-10-31-30(4-1-5-32(31)36)33-6-2-7-34(40(33)45)41-50-37-12-9-25(23-53(37)52-41)18-47-13-3-8-38(55)56/h1-2,4-7,9,12,14-15,19-20,23,29,36,47,49,54H,3,8,10-11,13,16,18,21-22,24H2,(H,55,56)(H,57,58)/t29-,36-/m0/s1. The van der Waals surface area contributed by atoms with Gasteiger partial charge in [0.2, 0.25) is 11.8 Å². The van der Waals surface area contributed by atoms with Crippen LogP contribution < -0.4 is 20.1 Å². The highest BCUT2D eigenvalue weighted by Gasteiger charge is 2.29. The van der Waals surface area contributed by atoms with E-state index in [0.29, 0.717) is 71.1 Å². The summed E-state index contributed by atoms with van der Waals surface area (Å²) >= 11 is 13.9. The Balaban J connectivity index is 1.10. The molecule has 4 aromatic heterocycles. The van der Waals surface area contributed by atoms with Gasteiger partial charge >= 0.3 is 11.9 Å². The quantitative estimate of drug-likeness (QED) is 0.0546. The lowest BCUT2D eigenvalue weighted by molar-refractivity contribution is -0.139. The minimum atomic E-state index is -1.11. The zero-order valence-electron chi connectivity index (χ0n) is 32.1. The molecule has 0 saturated carbocycles. The summed E-state index contributed by atoms with van der Waals surface area (Å²) in [6, 6.07) is 21.0. The van der Waals surface area contributed by atoms with Crippen molar-refractivity contribution in [3.8, 4) is 40.3 Å². The largest absolute Gasteiger partial charge is 0.481 e. The maximum absolute atomic E-state index is 11.0. The molecule has 0 saturated heterocycles. The van der Waals surface area contributed by atoms with Gasteiger partial charge in [-0.05, 0) is 72.3 Å². The van der Waals surface area contributed by atoms with E-state index in [1.807, 2.05) is 54.7 Å². The van der Waals surface area contributed by atoms with Crippen LogP contribution in [0.1, 0.15) is 65.2 Å². The summed E-state index contributed by atoms with van der Waals surface area (Å²) in [4.78, 5) is 35.4. The van der Waals surface area contributed by atoms with Gasteiger partial charge in [-0.1, -0.05) is 59.6 Å². The smallest absolute Gasteiger partial charge is 0.306 e. The van der Waals surface area contributed by atoms with Crippen molar-refractivity contribution < 1.29 is 34.4 Å². The summed E-state index contributed by atoms with van der Waals surface area (Å²) in [6.45, 7) is 1.36. The number of carbonyl (C=O) groups is 2. The van der Waals surface area contributed by atoms with Gasteiger partial charge in [-0.2, -0.15) is 10.2 Å². The Kier molecular flexibility index (Phi) is 13.5. The predicted octanol–water partition coefficient (Wildman–Crippen LogP) is 6.56. The van der Waals surface area contributed by atoms with Crippen LogP contribution in [0.5, 0.6) is 11.8 Å². The summed E-state index contributed by atoms with van der Waals surface area (Å²) in [5.74, 6) is -1.09. The monoisotopic (exact) mass is 850 g/mol. The number of aromatic nitrogens is 5. The molecule has 0 spiro atoms. The van der Waals surface area contributed by atoms with Crippen LogP contribution in [0.25, 0.3) is 28.2 Å². The first kappa shape index (κ1) is 42.0. The van der Waals surface area contributed by atoms with Gasteiger partial charge in [-0.3, -0.25) is 14.6 Å². The van der Waals surface area contributed by atoms with E-state index in [4.69, 9.17) is 53.0 Å². The number of rotatable bonds is 19. The molecule has 2 aromatic carbocycles. The van der Waals surface area contributed by atoms with Crippen LogP contribution >= 0.6 is 23.2 Å². The number of benzene rings is 2. The minimum absolute atomic E-state index is 0.0119. The normalized spacial score (nSPS) is 13.8. The van der Waals surface area contributed by atoms with Crippen molar-refractivity contribution in [2.24, 2.45) is 0 Å². The van der Waals surface area contributed by atoms with Crippen molar-refractivity contribution in [1.82, 2.24) is 35.2 Å². The lowest BCUT2D eigenvalue weighted by Gasteiger charge is -2.19. The Bertz CT molecular complexity index is 2580. The van der Waals surface area contributed by atoms with Crippen molar-refractivity contribution in [3.63, 3.8) is 0 Å². The summed E-state index contributed by atoms with van der Waals surface area (Å²) in [7, 11) is 0. The van der Waals surface area contributed by atoms with E-state index in [2.05, 4.69) is 26.7 Å². The highest BCUT2D eigenvalue weighted by Crippen LogP contribution is 2.44. The van der Waals surface area contributed by atoms with E-state index < -0.39 is 30.6 Å². The molecule has 60 heavy (non-hydrogen) atoms. The second-order valence-electron chi connectivity index (χ2n) is 14.2. The van der Waals surface area contributed by atoms with E-state index >= 15 is 0 Å². The maximum atomic E-state index is 11.0. The lowest BCUT2D eigenvalue weighted by Crippen LogP contribution is -2.28. The van der Waals surface area contributed by atoms with Gasteiger partial charge in [0, 0.05) is 66.9 Å². The summed E-state index contributed by atoms with van der Waals surface area (Å²) in [6.07, 6.45) is 5.02. The van der Waals surface area contributed by atoms with Gasteiger partial charge in [0.15, 0.2) is 11.5 Å². The van der Waals surface area contributed by atoms with E-state index in [-0.39, 0.29) is 42.9 Å². The van der Waals surface area contributed by atoms with Gasteiger partial charge in [-0.15, -0.1) is 5.10 Å². The topological polar surface area (TPSA) is 217 Å². The molecule has 0 fully saturated rings. The first-order valence-electron chi connectivity index (χ1n) is 19.2. The lowest BCUT2D eigenvalue weighted by atomic mass is 9.95. The Morgan fingerprint density at radius 1 is 0.950 bits per heavy atom. The zero-order chi connectivity index (χ0) is 42.2. The molecule has 5 N–H and O–H groups in total. The molecular formula is C43H40Cl2N8O7. The number of nitriles is 1. The average molecular weight is 852 g/mol. The molecule has 4 heterocycles. The number of fused-ring (bicyclic) bond motifs is 2. The second-order valence-corrected chi connectivity index (χ2v) is 15.0. The third kappa shape index (κ3) is 10.2. The Hall–Kier alpha value is -6.15. The van der Waals surface area contributed by atoms with Crippen LogP contribution in [0.3, 0.4) is 0 Å². The van der Waals surface area contributed by atoms with Crippen LogP contribution in [-0.4, -0.2) is 71.0 Å². The molecule has 2 atom stereocenters. The van der Waals surface area contributed by atoms with Crippen molar-refractivity contribution >= 4 is 40.8 Å². The molecule has 0 radical (unpaired) electrons. The molecule has 1 aliphatic carbocycles. The number of carboxylic acids is 2. The SMILES string of the molecule is N#Cc1cncc(COc2nc(O[C@H]3CCc4c(-c5cccc(-c6nc7ccc(CNCCCC(=O)O)cn7n6)c5Cl)cccc43)c(Cl)cc2CNC[C@@H](O)CC(=O)O)c1. The van der Waals surface area contributed by atoms with Crippen LogP contribution in [0.2, 0.25) is 10.0 Å². The number of hydrogen-bond acceptors (Lipinski definition) is 12. The Morgan fingerprint density at radius 2 is 1.77 bits per heavy atom. The van der Waals surface area contributed by atoms with Crippen molar-refractivity contribution in [3.05, 3.63) is 123 Å². The number of pyridine rings is 3. The fourth-order valence-electron chi connectivity index (χ4n) is 7.03. The number of ether oxygens (including phenoxy) is 2. The number of aliphatic carboxylic acids is 2. The second kappa shape index (κ2) is 19.3. The van der Waals surface area contributed by atoms with Crippen molar-refractivity contribution in [2.45, 2.75) is 64.0 Å². The number of carboxylic acid groups (broad SMARTS) is 2. The van der Waals surface area contributed by atoms with E-state index in [1.165, 1.54) is 6.20 Å². The van der Waals surface area contributed by atoms with Crippen LogP contribution in [0.4, 0.5) is 0 Å². The summed E-state index contributed by atoms with van der Waals surface area (Å²) < 4.78 is 14.4. The molecule has 7 rings (SSSR count). The number of aliphatic hydroxyl groups excluding tert-OH is 1. The van der Waals surface area contributed by atoms with E-state index in [9.17, 15) is 20.0 Å². The minimum Gasteiger partial charge on any atom is -0.481 e. The molecule has 0 aliphatic heterocycles. The average Bonchev–Trinajstić information content (AvgIpc) is 3.85. The van der Waals surface area contributed by atoms with Gasteiger partial charge < -0.3 is 35.4 Å². The summed E-state index contributed by atoms with van der Waals surface area (Å²) in [5.41, 5.74) is 7.69. The van der Waals surface area contributed by atoms with Crippen LogP contribution in [-0.2, 0) is 35.7 Å². The van der Waals surface area contributed by atoms with E-state index in [0.717, 1.165) is 27.8 Å². The number of hydrogen-bond donors (Lipinski definition) is 5. The van der Waals surface area contributed by atoms with E-state index in [1.54, 1.807) is 22.8 Å². The van der Waals surface area contributed by atoms with Crippen molar-refractivity contribution in [1.29, 1.82) is 5.26 Å². The number of aliphatic hydroxyl groups is 1.